The van der Waals surface area contributed by atoms with Gasteiger partial charge < -0.3 is 19.1 Å². The summed E-state index contributed by atoms with van der Waals surface area (Å²) in [5.41, 5.74) is 0.472. The van der Waals surface area contributed by atoms with E-state index in [0.717, 1.165) is 34.2 Å². The molecule has 0 saturated heterocycles. The van der Waals surface area contributed by atoms with E-state index in [1.54, 1.807) is 14.0 Å². The third kappa shape index (κ3) is 14.0. The fraction of sp³-hybridized carbons (Fsp3) is 0.143. The average molecular weight is 583 g/mol. The summed E-state index contributed by atoms with van der Waals surface area (Å²) in [5.74, 6) is -2.26. The molecule has 0 aliphatic rings. The molecule has 0 saturated carbocycles. The normalized spacial score (nSPS) is 10.1. The fourth-order valence-corrected chi connectivity index (χ4v) is 2.98. The molecule has 182 valence electrons. The first-order valence-corrected chi connectivity index (χ1v) is 10.2. The molecule has 0 aromatic heterocycles. The Labute approximate surface area is 298 Å². The molecule has 0 fully saturated rings. The number of methoxy groups -OCH3 is 1. The summed E-state index contributed by atoms with van der Waals surface area (Å²) in [6.07, 6.45) is 0. The first kappa shape index (κ1) is 43.5. The van der Waals surface area contributed by atoms with Gasteiger partial charge in [-0.15, -0.1) is 12.4 Å². The standard InChI is InChI=1S/C14H14O3.C7H6O6S.ClH.Mg.3Na.5H/c1-9(14(15)16)10-3-4-12-8-13(17-2)6-5-11(12)7-10;8-7(9)5-3-1-2-4-6(5)13-14(10,11)12;;;;;;;;;;/h3-9H,1-2H3,(H,15,16);1-4H,(H,8,9)(H,10,11,12);1H;;;;;;;;;/t9-;;;;;;;;;;;/m0.........../s1. The zero-order valence-electron chi connectivity index (χ0n) is 17.0. The molecule has 0 bridgehead atoms. The number of rotatable bonds is 6. The predicted octanol–water partition coefficient (Wildman–Crippen LogP) is 1.16. The van der Waals surface area contributed by atoms with Gasteiger partial charge >= 0.3 is 134 Å². The predicted molar refractivity (Wildman–Crippen MR) is 149 cm³/mol. The van der Waals surface area contributed by atoms with Crippen LogP contribution in [-0.2, 0) is 15.2 Å². The zero-order valence-corrected chi connectivity index (χ0v) is 18.6. The number of benzene rings is 3. The molecule has 3 aromatic carbocycles. The van der Waals surface area contributed by atoms with E-state index in [0.29, 0.717) is 0 Å². The molecule has 0 radical (unpaired) electrons. The maximum absolute atomic E-state index is 10.9. The van der Waals surface area contributed by atoms with Crippen molar-refractivity contribution in [3.05, 3.63) is 71.8 Å². The topological polar surface area (TPSA) is 147 Å². The van der Waals surface area contributed by atoms with Crippen LogP contribution in [0.1, 0.15) is 28.8 Å². The number of halogens is 1. The number of para-hydroxylation sites is 1. The Kier molecular flexibility index (Phi) is 24.6. The van der Waals surface area contributed by atoms with Gasteiger partial charge in [0.25, 0.3) is 0 Å². The summed E-state index contributed by atoms with van der Waals surface area (Å²) >= 11 is 0. The van der Waals surface area contributed by atoms with Crippen molar-refractivity contribution in [2.24, 2.45) is 0 Å². The molecular weight excluding hydrogens is 557 g/mol. The summed E-state index contributed by atoms with van der Waals surface area (Å²) in [7, 11) is -3.07. The minimum atomic E-state index is -4.70. The molecule has 0 spiro atoms. The van der Waals surface area contributed by atoms with Crippen LogP contribution in [0.4, 0.5) is 0 Å². The van der Waals surface area contributed by atoms with E-state index >= 15 is 0 Å². The monoisotopic (exact) mass is 582 g/mol. The van der Waals surface area contributed by atoms with Crippen molar-refractivity contribution in [2.75, 3.05) is 7.11 Å². The maximum atomic E-state index is 10.9. The third-order valence-corrected chi connectivity index (χ3v) is 4.64. The van der Waals surface area contributed by atoms with Crippen molar-refractivity contribution in [1.29, 1.82) is 0 Å². The van der Waals surface area contributed by atoms with Crippen molar-refractivity contribution in [3.8, 4) is 11.5 Å². The SMILES string of the molecule is COc1ccc2cc([C@H](C)C(=O)O)ccc2c1.Cl.O=C(O)c1ccccc1OS(=O)(=O)O.[MgH2].[NaH].[NaH].[NaH]. The van der Waals surface area contributed by atoms with E-state index in [1.165, 1.54) is 12.1 Å². The van der Waals surface area contributed by atoms with Crippen LogP contribution in [0.5, 0.6) is 11.5 Å². The Morgan fingerprint density at radius 3 is 1.92 bits per heavy atom. The van der Waals surface area contributed by atoms with Gasteiger partial charge in [-0.05, 0) is 47.5 Å². The molecule has 36 heavy (non-hydrogen) atoms. The van der Waals surface area contributed by atoms with Crippen LogP contribution in [0.2, 0.25) is 0 Å². The number of aliphatic carboxylic acids is 1. The van der Waals surface area contributed by atoms with E-state index in [9.17, 15) is 18.0 Å². The number of carboxylic acids is 2. The molecule has 15 heteroatoms. The van der Waals surface area contributed by atoms with Crippen LogP contribution >= 0.6 is 12.4 Å². The Morgan fingerprint density at radius 2 is 1.42 bits per heavy atom. The van der Waals surface area contributed by atoms with E-state index in [4.69, 9.17) is 19.5 Å². The van der Waals surface area contributed by atoms with E-state index in [1.807, 2.05) is 36.4 Å². The number of aromatic carboxylic acids is 1. The van der Waals surface area contributed by atoms with Crippen molar-refractivity contribution in [1.82, 2.24) is 0 Å². The van der Waals surface area contributed by atoms with E-state index < -0.39 is 34.0 Å². The van der Waals surface area contributed by atoms with E-state index in [-0.39, 0.29) is 130 Å². The van der Waals surface area contributed by atoms with E-state index in [2.05, 4.69) is 4.18 Å². The summed E-state index contributed by atoms with van der Waals surface area (Å²) in [5, 5.41) is 19.6. The second-order valence-corrected chi connectivity index (χ2v) is 7.37. The van der Waals surface area contributed by atoms with Gasteiger partial charge in [0.15, 0.2) is 5.75 Å². The Hall–Kier alpha value is 0.426. The van der Waals surface area contributed by atoms with Crippen LogP contribution in [0, 0.1) is 0 Å². The first-order chi connectivity index (χ1) is 14.5. The molecular formula is C21H26ClMgNa3O9S. The number of fused-ring (bicyclic) bond motifs is 1. The Balaban J connectivity index is -0.000000253. The van der Waals surface area contributed by atoms with Gasteiger partial charge in [-0.3, -0.25) is 9.35 Å². The summed E-state index contributed by atoms with van der Waals surface area (Å²) in [4.78, 5) is 21.5. The fourth-order valence-electron chi connectivity index (χ4n) is 2.61. The van der Waals surface area contributed by atoms with Gasteiger partial charge in [0.05, 0.1) is 13.0 Å². The van der Waals surface area contributed by atoms with Crippen LogP contribution in [-0.4, -0.2) is 154 Å². The summed E-state index contributed by atoms with van der Waals surface area (Å²) < 4.78 is 38.2. The molecule has 1 atom stereocenters. The molecule has 9 nitrogen and oxygen atoms in total. The second-order valence-electron chi connectivity index (χ2n) is 6.34. The summed E-state index contributed by atoms with van der Waals surface area (Å²) in [6.45, 7) is 1.69. The zero-order chi connectivity index (χ0) is 23.2. The second kappa shape index (κ2) is 20.3. The molecule has 0 aliphatic heterocycles. The molecule has 0 unspecified atom stereocenters. The number of ether oxygens (including phenoxy) is 1. The van der Waals surface area contributed by atoms with Crippen LogP contribution in [0.15, 0.2) is 60.7 Å². The first-order valence-electron chi connectivity index (χ1n) is 8.81. The Morgan fingerprint density at radius 1 is 0.889 bits per heavy atom. The van der Waals surface area contributed by atoms with Crippen LogP contribution in [0.3, 0.4) is 0 Å². The molecule has 3 N–H and O–H groups in total. The minimum absolute atomic E-state index is 0. The van der Waals surface area contributed by atoms with Crippen molar-refractivity contribution >= 4 is 157 Å². The van der Waals surface area contributed by atoms with Crippen molar-refractivity contribution < 1.29 is 41.7 Å². The summed E-state index contributed by atoms with van der Waals surface area (Å²) in [6, 6.07) is 16.5. The van der Waals surface area contributed by atoms with Crippen molar-refractivity contribution in [3.63, 3.8) is 0 Å². The van der Waals surface area contributed by atoms with Crippen LogP contribution in [0.25, 0.3) is 10.8 Å². The number of carbonyl (C=O) groups is 2. The van der Waals surface area contributed by atoms with Gasteiger partial charge in [0, 0.05) is 0 Å². The quantitative estimate of drug-likeness (QED) is 0.288. The number of carboxylic acid groups (broad SMARTS) is 2. The third-order valence-electron chi connectivity index (χ3n) is 4.25. The molecule has 0 heterocycles. The number of hydrogen-bond acceptors (Lipinski definition) is 6. The molecule has 0 amide bonds. The average Bonchev–Trinajstić information content (AvgIpc) is 2.71. The molecule has 0 aliphatic carbocycles. The van der Waals surface area contributed by atoms with Gasteiger partial charge in [-0.25, -0.2) is 4.79 Å². The van der Waals surface area contributed by atoms with Crippen LogP contribution < -0.4 is 8.92 Å². The Bertz CT molecular complexity index is 1230. The van der Waals surface area contributed by atoms with Gasteiger partial charge in [-0.2, -0.15) is 8.42 Å². The molecule has 3 rings (SSSR count). The van der Waals surface area contributed by atoms with Crippen molar-refractivity contribution in [2.45, 2.75) is 12.8 Å². The van der Waals surface area contributed by atoms with Gasteiger partial charge in [-0.1, -0.05) is 36.4 Å². The van der Waals surface area contributed by atoms with Gasteiger partial charge in [0.1, 0.15) is 11.3 Å². The molecule has 3 aromatic rings. The number of hydrogen-bond donors (Lipinski definition) is 3. The van der Waals surface area contributed by atoms with Gasteiger partial charge in [0.2, 0.25) is 0 Å².